The lowest BCUT2D eigenvalue weighted by Crippen LogP contribution is -2.23. The molecule has 0 bridgehead atoms. The van der Waals surface area contributed by atoms with E-state index in [-0.39, 0.29) is 11.5 Å². The number of aromatic nitrogens is 4. The number of rotatable bonds is 8. The minimum absolute atomic E-state index is 0.0835. The maximum Gasteiger partial charge on any atom is 0.273 e. The van der Waals surface area contributed by atoms with Gasteiger partial charge in [0.2, 0.25) is 11.7 Å². The van der Waals surface area contributed by atoms with Crippen LogP contribution in [-0.4, -0.2) is 38.2 Å². The molecule has 1 aliphatic rings. The summed E-state index contributed by atoms with van der Waals surface area (Å²) in [5.41, 5.74) is 3.71. The number of carbonyl (C=O) groups excluding carboxylic acids is 1. The van der Waals surface area contributed by atoms with Gasteiger partial charge in [-0.1, -0.05) is 42.1 Å². The van der Waals surface area contributed by atoms with Crippen LogP contribution in [0.4, 0.5) is 5.69 Å². The maximum atomic E-state index is 13.4. The first-order valence-electron chi connectivity index (χ1n) is 12.2. The molecule has 3 aromatic heterocycles. The second-order valence-electron chi connectivity index (χ2n) is 8.79. The number of carbonyl (C=O) groups is 1. The van der Waals surface area contributed by atoms with Crippen LogP contribution in [0.2, 0.25) is 0 Å². The Kier molecular flexibility index (Phi) is 6.43. The highest BCUT2D eigenvalue weighted by Crippen LogP contribution is 2.29. The first-order valence-corrected chi connectivity index (χ1v) is 14.1. The van der Waals surface area contributed by atoms with Crippen molar-refractivity contribution in [3.63, 3.8) is 0 Å². The van der Waals surface area contributed by atoms with Crippen LogP contribution < -0.4 is 15.2 Å². The number of nitrogens with zero attached hydrogens (tertiary/aromatic N) is 5. The number of thioether (sulfide) groups is 1. The zero-order chi connectivity index (χ0) is 25.4. The molecule has 1 aliphatic heterocycles. The molecule has 0 N–H and O–H groups in total. The number of benzene rings is 2. The summed E-state index contributed by atoms with van der Waals surface area (Å²) in [4.78, 5) is 27.3. The second-order valence-corrected chi connectivity index (χ2v) is 10.6. The van der Waals surface area contributed by atoms with Gasteiger partial charge in [-0.2, -0.15) is 0 Å². The maximum absolute atomic E-state index is 13.4. The van der Waals surface area contributed by atoms with Crippen molar-refractivity contribution >= 4 is 50.7 Å². The van der Waals surface area contributed by atoms with Gasteiger partial charge >= 0.3 is 0 Å². The molecule has 0 aliphatic carbocycles. The first kappa shape index (κ1) is 23.7. The van der Waals surface area contributed by atoms with Crippen LogP contribution >= 0.6 is 23.1 Å². The number of fused-ring (bicyclic) bond motifs is 3. The summed E-state index contributed by atoms with van der Waals surface area (Å²) in [5.74, 6) is 2.14. The number of hydrogen-bond donors (Lipinski definition) is 0. The Morgan fingerprint density at radius 1 is 1.05 bits per heavy atom. The van der Waals surface area contributed by atoms with Gasteiger partial charge < -0.3 is 9.64 Å². The van der Waals surface area contributed by atoms with Crippen LogP contribution in [0.5, 0.6) is 5.75 Å². The zero-order valence-electron chi connectivity index (χ0n) is 20.3. The van der Waals surface area contributed by atoms with E-state index in [2.05, 4.69) is 22.3 Å². The van der Waals surface area contributed by atoms with Crippen LogP contribution in [0.15, 0.2) is 69.9 Å². The molecule has 1 fully saturated rings. The summed E-state index contributed by atoms with van der Waals surface area (Å²) in [6.07, 6.45) is 1.53. The van der Waals surface area contributed by atoms with Crippen LogP contribution in [0.3, 0.4) is 0 Å². The van der Waals surface area contributed by atoms with Gasteiger partial charge in [-0.15, -0.1) is 21.5 Å². The summed E-state index contributed by atoms with van der Waals surface area (Å²) < 4.78 is 10.1. The van der Waals surface area contributed by atoms with Gasteiger partial charge in [-0.25, -0.2) is 0 Å². The summed E-state index contributed by atoms with van der Waals surface area (Å²) >= 11 is 3.00. The molecule has 2 aromatic carbocycles. The lowest BCUT2D eigenvalue weighted by molar-refractivity contribution is -0.117. The number of anilines is 1. The molecule has 0 radical (unpaired) electrons. The Morgan fingerprint density at radius 3 is 2.68 bits per heavy atom. The van der Waals surface area contributed by atoms with Crippen LogP contribution in [0, 0.1) is 0 Å². The van der Waals surface area contributed by atoms with E-state index in [4.69, 9.17) is 4.74 Å². The Balaban J connectivity index is 1.32. The topological polar surface area (TPSA) is 81.7 Å². The Morgan fingerprint density at radius 2 is 1.89 bits per heavy atom. The fourth-order valence-electron chi connectivity index (χ4n) is 4.68. The Bertz CT molecular complexity index is 1650. The fourth-order valence-corrected chi connectivity index (χ4v) is 6.40. The third kappa shape index (κ3) is 4.40. The number of ether oxygens (including phenoxy) is 1. The highest BCUT2D eigenvalue weighted by Gasteiger charge is 2.22. The van der Waals surface area contributed by atoms with Crippen molar-refractivity contribution in [2.75, 3.05) is 18.1 Å². The lowest BCUT2D eigenvalue weighted by Gasteiger charge is -2.15. The molecule has 1 saturated heterocycles. The van der Waals surface area contributed by atoms with E-state index < -0.39 is 0 Å². The standard InChI is InChI=1S/C27H25N5O3S2/c1-2-35-22-7-4-3-6-19(22)16-31-25(34)24-21(13-15-36-24)32-26(31)28-29-27(32)37-17-18-9-11-20(12-10-18)30-14-5-8-23(30)33/h3-4,6-7,9-13,15H,2,5,8,14,16-17H2,1H3. The fraction of sp³-hybridized carbons (Fsp3) is 0.259. The monoisotopic (exact) mass is 531 g/mol. The van der Waals surface area contributed by atoms with Gasteiger partial charge in [0.1, 0.15) is 10.4 Å². The van der Waals surface area contributed by atoms with Crippen LogP contribution in [0.1, 0.15) is 30.9 Å². The van der Waals surface area contributed by atoms with Crippen molar-refractivity contribution in [3.8, 4) is 5.75 Å². The van der Waals surface area contributed by atoms with Gasteiger partial charge in [0.15, 0.2) is 5.16 Å². The van der Waals surface area contributed by atoms with Crippen molar-refractivity contribution in [2.24, 2.45) is 0 Å². The minimum atomic E-state index is -0.0835. The van der Waals surface area contributed by atoms with E-state index in [1.807, 2.05) is 64.1 Å². The number of hydrogen-bond acceptors (Lipinski definition) is 7. The van der Waals surface area contributed by atoms with Crippen molar-refractivity contribution in [1.82, 2.24) is 19.2 Å². The molecule has 0 atom stereocenters. The average molecular weight is 532 g/mol. The number of amides is 1. The Labute approximate surface area is 221 Å². The van der Waals surface area contributed by atoms with E-state index >= 15 is 0 Å². The van der Waals surface area contributed by atoms with E-state index in [9.17, 15) is 9.59 Å². The molecule has 1 amide bonds. The molecule has 0 spiro atoms. The van der Waals surface area contributed by atoms with E-state index in [1.165, 1.54) is 11.3 Å². The SMILES string of the molecule is CCOc1ccccc1Cn1c(=O)c2sccc2n2c(SCc3ccc(N4CCCC4=O)cc3)nnc12. The third-order valence-electron chi connectivity index (χ3n) is 6.47. The highest BCUT2D eigenvalue weighted by atomic mass is 32.2. The highest BCUT2D eigenvalue weighted by molar-refractivity contribution is 7.98. The molecule has 37 heavy (non-hydrogen) atoms. The minimum Gasteiger partial charge on any atom is -0.494 e. The zero-order valence-corrected chi connectivity index (χ0v) is 21.9. The molecule has 5 aromatic rings. The van der Waals surface area contributed by atoms with Gasteiger partial charge in [0, 0.05) is 30.0 Å². The largest absolute Gasteiger partial charge is 0.494 e. The quantitative estimate of drug-likeness (QED) is 0.263. The van der Waals surface area contributed by atoms with Gasteiger partial charge in [0.05, 0.1) is 18.7 Å². The number of thiophene rings is 1. The summed E-state index contributed by atoms with van der Waals surface area (Å²) in [6.45, 7) is 3.62. The van der Waals surface area contributed by atoms with Gasteiger partial charge in [-0.3, -0.25) is 18.6 Å². The van der Waals surface area contributed by atoms with E-state index in [1.54, 1.807) is 16.3 Å². The van der Waals surface area contributed by atoms with Crippen molar-refractivity contribution < 1.29 is 9.53 Å². The number of para-hydroxylation sites is 1. The predicted molar refractivity (Wildman–Crippen MR) is 147 cm³/mol. The van der Waals surface area contributed by atoms with E-state index in [0.717, 1.165) is 46.2 Å². The molecule has 10 heteroatoms. The third-order valence-corrected chi connectivity index (χ3v) is 8.36. The van der Waals surface area contributed by atoms with Crippen molar-refractivity contribution in [1.29, 1.82) is 0 Å². The summed E-state index contributed by atoms with van der Waals surface area (Å²) in [7, 11) is 0. The van der Waals surface area contributed by atoms with E-state index in [0.29, 0.717) is 35.8 Å². The Hall–Kier alpha value is -3.63. The average Bonchev–Trinajstić information content (AvgIpc) is 3.66. The first-order chi connectivity index (χ1) is 18.1. The van der Waals surface area contributed by atoms with Crippen LogP contribution in [0.25, 0.3) is 16.0 Å². The normalized spacial score (nSPS) is 13.8. The molecule has 6 rings (SSSR count). The molecule has 188 valence electrons. The van der Waals surface area contributed by atoms with Crippen molar-refractivity contribution in [3.05, 3.63) is 81.5 Å². The molecule has 8 nitrogen and oxygen atoms in total. The molecule has 0 saturated carbocycles. The van der Waals surface area contributed by atoms with Crippen LogP contribution in [-0.2, 0) is 17.1 Å². The summed E-state index contributed by atoms with van der Waals surface area (Å²) in [5, 5.41) is 11.6. The molecular weight excluding hydrogens is 506 g/mol. The second kappa shape index (κ2) is 10.0. The van der Waals surface area contributed by atoms with Gasteiger partial charge in [0.25, 0.3) is 5.56 Å². The predicted octanol–water partition coefficient (Wildman–Crippen LogP) is 4.97. The molecule has 0 unspecified atom stereocenters. The molecular formula is C27H25N5O3S2. The van der Waals surface area contributed by atoms with Gasteiger partial charge in [-0.05, 0) is 48.6 Å². The smallest absolute Gasteiger partial charge is 0.273 e. The summed E-state index contributed by atoms with van der Waals surface area (Å²) in [6, 6.07) is 17.8. The lowest BCUT2D eigenvalue weighted by atomic mass is 10.2. The van der Waals surface area contributed by atoms with Crippen molar-refractivity contribution in [2.45, 2.75) is 37.2 Å². The molecule has 4 heterocycles.